The van der Waals surface area contributed by atoms with Crippen molar-refractivity contribution in [1.82, 2.24) is 10.2 Å². The second-order valence-electron chi connectivity index (χ2n) is 6.38. The minimum Gasteiger partial charge on any atom is -0.493 e. The van der Waals surface area contributed by atoms with Gasteiger partial charge in [0.2, 0.25) is 0 Å². The topological polar surface area (TPSA) is 43.0 Å². The molecule has 2 aliphatic rings. The molecule has 1 unspecified atom stereocenters. The number of hydrogen-bond donors (Lipinski definition) is 1. The van der Waals surface area contributed by atoms with Gasteiger partial charge in [-0.25, -0.2) is 0 Å². The number of hydrogen-bond acceptors (Lipinski definition) is 6. The Morgan fingerprint density at radius 1 is 1.25 bits per heavy atom. The number of nitrogens with zero attached hydrogens (tertiary/aromatic N) is 1. The van der Waals surface area contributed by atoms with Crippen LogP contribution in [0.15, 0.2) is 18.2 Å². The Morgan fingerprint density at radius 2 is 2.08 bits per heavy atom. The Bertz CT molecular complexity index is 529. The fourth-order valence-corrected chi connectivity index (χ4v) is 5.14. The van der Waals surface area contributed by atoms with E-state index in [9.17, 15) is 0 Å². The molecule has 0 spiro atoms. The summed E-state index contributed by atoms with van der Waals surface area (Å²) >= 11 is 2.07. The molecule has 0 saturated carbocycles. The molecule has 1 aromatic carbocycles. The summed E-state index contributed by atoms with van der Waals surface area (Å²) < 4.78 is 16.5. The molecule has 24 heavy (non-hydrogen) atoms. The van der Waals surface area contributed by atoms with Gasteiger partial charge in [-0.05, 0) is 18.2 Å². The number of ether oxygens (including phenoxy) is 3. The van der Waals surface area contributed by atoms with Crippen molar-refractivity contribution in [2.75, 3.05) is 58.6 Å². The van der Waals surface area contributed by atoms with Gasteiger partial charge in [0.25, 0.3) is 0 Å². The first-order valence-electron chi connectivity index (χ1n) is 8.60. The van der Waals surface area contributed by atoms with Crippen molar-refractivity contribution < 1.29 is 14.2 Å². The van der Waals surface area contributed by atoms with Crippen LogP contribution in [0, 0.1) is 0 Å². The van der Waals surface area contributed by atoms with Gasteiger partial charge in [-0.15, -0.1) is 0 Å². The molecule has 2 saturated heterocycles. The van der Waals surface area contributed by atoms with Crippen molar-refractivity contribution in [2.24, 2.45) is 0 Å². The molecule has 0 radical (unpaired) electrons. The van der Waals surface area contributed by atoms with E-state index < -0.39 is 0 Å². The van der Waals surface area contributed by atoms with Crippen molar-refractivity contribution in [3.63, 3.8) is 0 Å². The normalized spacial score (nSPS) is 24.9. The highest BCUT2D eigenvalue weighted by Crippen LogP contribution is 2.34. The van der Waals surface area contributed by atoms with E-state index in [0.29, 0.717) is 0 Å². The van der Waals surface area contributed by atoms with E-state index in [1.807, 2.05) is 12.1 Å². The van der Waals surface area contributed by atoms with Crippen LogP contribution in [0.1, 0.15) is 12.0 Å². The van der Waals surface area contributed by atoms with Crippen molar-refractivity contribution in [3.8, 4) is 11.5 Å². The molecule has 3 rings (SSSR count). The number of para-hydroxylation sites is 1. The van der Waals surface area contributed by atoms with Crippen molar-refractivity contribution >= 4 is 11.8 Å². The second kappa shape index (κ2) is 8.43. The van der Waals surface area contributed by atoms with Crippen LogP contribution in [0.5, 0.6) is 11.5 Å². The number of methoxy groups -OCH3 is 2. The fraction of sp³-hybridized carbons (Fsp3) is 0.667. The summed E-state index contributed by atoms with van der Waals surface area (Å²) in [6, 6.07) is 6.05. The molecule has 0 aromatic heterocycles. The molecule has 2 aliphatic heterocycles. The van der Waals surface area contributed by atoms with Gasteiger partial charge in [-0.2, -0.15) is 11.8 Å². The van der Waals surface area contributed by atoms with Crippen LogP contribution in [0.25, 0.3) is 0 Å². The maximum Gasteiger partial charge on any atom is 0.165 e. The summed E-state index contributed by atoms with van der Waals surface area (Å²) in [5.74, 6) is 4.07. The molecule has 1 atom stereocenters. The van der Waals surface area contributed by atoms with Gasteiger partial charge in [0.1, 0.15) is 0 Å². The summed E-state index contributed by atoms with van der Waals surface area (Å²) in [6.07, 6.45) is 1.25. The summed E-state index contributed by atoms with van der Waals surface area (Å²) in [5, 5.41) is 3.68. The molecule has 134 valence electrons. The van der Waals surface area contributed by atoms with E-state index >= 15 is 0 Å². The monoisotopic (exact) mass is 352 g/mol. The van der Waals surface area contributed by atoms with E-state index in [1.165, 1.54) is 17.9 Å². The first-order valence-corrected chi connectivity index (χ1v) is 9.76. The van der Waals surface area contributed by atoms with Gasteiger partial charge in [0.05, 0.1) is 27.4 Å². The van der Waals surface area contributed by atoms with E-state index in [2.05, 4.69) is 28.0 Å². The van der Waals surface area contributed by atoms with Crippen LogP contribution < -0.4 is 14.8 Å². The number of rotatable bonds is 7. The maximum atomic E-state index is 5.54. The SMILES string of the molecule is COc1cccc(CNCC2(N3CCOCC3)CCSC2)c1OC. The van der Waals surface area contributed by atoms with Crippen LogP contribution >= 0.6 is 11.8 Å². The van der Waals surface area contributed by atoms with E-state index in [1.54, 1.807) is 14.2 Å². The number of morpholine rings is 1. The standard InChI is InChI=1S/C18H28N2O3S/c1-21-16-5-3-4-15(17(16)22-2)12-19-13-18(6-11-24-14-18)20-7-9-23-10-8-20/h3-5,19H,6-14H2,1-2H3. The van der Waals surface area contributed by atoms with Crippen molar-refractivity contribution in [3.05, 3.63) is 23.8 Å². The van der Waals surface area contributed by atoms with Crippen LogP contribution in [0.4, 0.5) is 0 Å². The average Bonchev–Trinajstić information content (AvgIpc) is 3.12. The average molecular weight is 353 g/mol. The Labute approximate surface area is 149 Å². The molecular formula is C18H28N2O3S. The van der Waals surface area contributed by atoms with Gasteiger partial charge < -0.3 is 19.5 Å². The minimum atomic E-state index is 0.264. The van der Waals surface area contributed by atoms with E-state index in [0.717, 1.165) is 56.5 Å². The third kappa shape index (κ3) is 3.82. The number of benzene rings is 1. The molecular weight excluding hydrogens is 324 g/mol. The largest absolute Gasteiger partial charge is 0.493 e. The van der Waals surface area contributed by atoms with Crippen LogP contribution in [0.2, 0.25) is 0 Å². The minimum absolute atomic E-state index is 0.264. The van der Waals surface area contributed by atoms with Crippen molar-refractivity contribution in [2.45, 2.75) is 18.5 Å². The van der Waals surface area contributed by atoms with E-state index in [-0.39, 0.29) is 5.54 Å². The Balaban J connectivity index is 1.64. The lowest BCUT2D eigenvalue weighted by atomic mass is 9.95. The molecule has 2 fully saturated rings. The molecule has 0 bridgehead atoms. The molecule has 1 aromatic rings. The predicted molar refractivity (Wildman–Crippen MR) is 98.3 cm³/mol. The third-order valence-corrected chi connectivity index (χ3v) is 6.25. The number of nitrogens with one attached hydrogen (secondary N) is 1. The predicted octanol–water partition coefficient (Wildman–Crippen LogP) is 2.00. The Morgan fingerprint density at radius 3 is 2.75 bits per heavy atom. The molecule has 2 heterocycles. The Hall–Kier alpha value is -0.950. The lowest BCUT2D eigenvalue weighted by Crippen LogP contribution is -2.58. The summed E-state index contributed by atoms with van der Waals surface area (Å²) in [4.78, 5) is 2.63. The fourth-order valence-electron chi connectivity index (χ4n) is 3.66. The maximum absolute atomic E-state index is 5.54. The summed E-state index contributed by atoms with van der Waals surface area (Å²) in [6.45, 7) is 5.60. The Kier molecular flexibility index (Phi) is 6.27. The first kappa shape index (κ1) is 17.9. The van der Waals surface area contributed by atoms with Crippen LogP contribution in [0.3, 0.4) is 0 Å². The van der Waals surface area contributed by atoms with Crippen molar-refractivity contribution in [1.29, 1.82) is 0 Å². The highest BCUT2D eigenvalue weighted by Gasteiger charge is 2.40. The molecule has 5 nitrogen and oxygen atoms in total. The van der Waals surface area contributed by atoms with Crippen LogP contribution in [-0.2, 0) is 11.3 Å². The smallest absolute Gasteiger partial charge is 0.165 e. The summed E-state index contributed by atoms with van der Waals surface area (Å²) in [7, 11) is 3.38. The van der Waals surface area contributed by atoms with Gasteiger partial charge in [-0.3, -0.25) is 4.90 Å². The zero-order valence-electron chi connectivity index (χ0n) is 14.7. The van der Waals surface area contributed by atoms with Gasteiger partial charge in [0, 0.05) is 43.0 Å². The second-order valence-corrected chi connectivity index (χ2v) is 7.49. The lowest BCUT2D eigenvalue weighted by molar-refractivity contribution is -0.0134. The zero-order valence-corrected chi connectivity index (χ0v) is 15.5. The summed E-state index contributed by atoms with van der Waals surface area (Å²) in [5.41, 5.74) is 1.40. The molecule has 0 amide bonds. The highest BCUT2D eigenvalue weighted by molar-refractivity contribution is 7.99. The molecule has 0 aliphatic carbocycles. The quantitative estimate of drug-likeness (QED) is 0.810. The highest BCUT2D eigenvalue weighted by atomic mass is 32.2. The van der Waals surface area contributed by atoms with Gasteiger partial charge >= 0.3 is 0 Å². The van der Waals surface area contributed by atoms with Gasteiger partial charge in [-0.1, -0.05) is 12.1 Å². The third-order valence-electron chi connectivity index (χ3n) is 5.02. The molecule has 6 heteroatoms. The van der Waals surface area contributed by atoms with Crippen LogP contribution in [-0.4, -0.2) is 69.0 Å². The van der Waals surface area contributed by atoms with E-state index in [4.69, 9.17) is 14.2 Å². The zero-order chi connectivity index (χ0) is 16.8. The number of thioether (sulfide) groups is 1. The lowest BCUT2D eigenvalue weighted by Gasteiger charge is -2.43. The first-order chi connectivity index (χ1) is 11.8. The molecule has 1 N–H and O–H groups in total. The van der Waals surface area contributed by atoms with Gasteiger partial charge in [0.15, 0.2) is 11.5 Å².